The molecule has 0 bridgehead atoms. The number of carbonyl (C=O) groups is 1. The van der Waals surface area contributed by atoms with E-state index in [4.69, 9.17) is 4.52 Å². The molecule has 5 rings (SSSR count). The summed E-state index contributed by atoms with van der Waals surface area (Å²) in [6.07, 6.45) is -10.2. The molecule has 5 nitrogen and oxygen atoms in total. The largest absolute Gasteiger partial charge is 0.435 e. The van der Waals surface area contributed by atoms with Crippen molar-refractivity contribution in [2.45, 2.75) is 79.5 Å². The van der Waals surface area contributed by atoms with Crippen molar-refractivity contribution in [1.82, 2.24) is 5.16 Å². The van der Waals surface area contributed by atoms with Crippen molar-refractivity contribution in [1.29, 1.82) is 0 Å². The summed E-state index contributed by atoms with van der Waals surface area (Å²) in [5, 5.41) is 3.70. The molecule has 0 amide bonds. The van der Waals surface area contributed by atoms with E-state index >= 15 is 4.39 Å². The number of halogens is 7. The summed E-state index contributed by atoms with van der Waals surface area (Å²) >= 11 is 0. The topological polar surface area (TPSA) is 77.2 Å². The molecule has 1 heterocycles. The number of alkyl halides is 7. The molecule has 0 radical (unpaired) electrons. The highest BCUT2D eigenvalue weighted by molar-refractivity contribution is 7.92. The maximum absolute atomic E-state index is 15.0. The zero-order chi connectivity index (χ0) is 31.4. The van der Waals surface area contributed by atoms with Crippen molar-refractivity contribution in [2.24, 2.45) is 11.8 Å². The van der Waals surface area contributed by atoms with Gasteiger partial charge in [0.1, 0.15) is 16.7 Å². The lowest BCUT2D eigenvalue weighted by atomic mass is 9.70. The van der Waals surface area contributed by atoms with Gasteiger partial charge in [-0.2, -0.15) is 26.3 Å². The summed E-state index contributed by atoms with van der Waals surface area (Å²) < 4.78 is 129. The van der Waals surface area contributed by atoms with Gasteiger partial charge >= 0.3 is 18.0 Å². The molecule has 43 heavy (non-hydrogen) atoms. The summed E-state index contributed by atoms with van der Waals surface area (Å²) in [6.45, 7) is 1.89. The first kappa shape index (κ1) is 31.2. The van der Waals surface area contributed by atoms with E-state index in [-0.39, 0.29) is 66.0 Å². The first-order valence-corrected chi connectivity index (χ1v) is 15.3. The minimum Gasteiger partial charge on any atom is -0.364 e. The first-order chi connectivity index (χ1) is 20.1. The summed E-state index contributed by atoms with van der Waals surface area (Å²) in [4.78, 5) is 13.2. The molecular weight excluding hydrogens is 603 g/mol. The van der Waals surface area contributed by atoms with E-state index < -0.39 is 50.0 Å². The van der Waals surface area contributed by atoms with Crippen LogP contribution in [0.2, 0.25) is 0 Å². The van der Waals surface area contributed by atoms with E-state index in [1.807, 2.05) is 6.92 Å². The molecule has 0 aliphatic heterocycles. The molecule has 3 aromatic rings. The summed E-state index contributed by atoms with van der Waals surface area (Å²) in [6, 6.07) is 9.35. The van der Waals surface area contributed by atoms with Crippen LogP contribution in [0.3, 0.4) is 0 Å². The highest BCUT2D eigenvalue weighted by Crippen LogP contribution is 2.58. The summed E-state index contributed by atoms with van der Waals surface area (Å²) in [7, 11) is -4.34. The molecule has 2 aliphatic rings. The molecule has 3 atom stereocenters. The first-order valence-electron chi connectivity index (χ1n) is 13.8. The van der Waals surface area contributed by atoms with Crippen molar-refractivity contribution in [3.05, 3.63) is 82.7 Å². The number of ketones is 1. The van der Waals surface area contributed by atoms with E-state index in [1.54, 1.807) is 12.1 Å². The molecule has 0 saturated heterocycles. The molecule has 1 saturated carbocycles. The predicted molar refractivity (Wildman–Crippen MR) is 141 cm³/mol. The van der Waals surface area contributed by atoms with Crippen LogP contribution in [-0.4, -0.2) is 31.7 Å². The Morgan fingerprint density at radius 1 is 0.977 bits per heavy atom. The fourth-order valence-electron chi connectivity index (χ4n) is 6.82. The standard InChI is InChI=1S/C30H28F7NO4S/c1-2-18-5-10-23(11-6-18)43(40,41)27-14-3-4-20(26(39)25-13-15-42-38-25)17-21(27)8-7-19-16-22(9-12-24(19)27)28(31,29(32,33)34)30(35,36)37/h5-6,9-13,15-16,20-21H,2-4,7-8,14,17H2,1H3. The van der Waals surface area contributed by atoms with Gasteiger partial charge in [0.2, 0.25) is 0 Å². The fraction of sp³-hybridized carbons (Fsp3) is 0.467. The predicted octanol–water partition coefficient (Wildman–Crippen LogP) is 7.83. The minimum atomic E-state index is -6.31. The number of sulfone groups is 1. The Bertz CT molecular complexity index is 1580. The van der Waals surface area contributed by atoms with Gasteiger partial charge in [-0.05, 0) is 73.3 Å². The van der Waals surface area contributed by atoms with Gasteiger partial charge in [-0.1, -0.05) is 48.8 Å². The maximum atomic E-state index is 15.0. The van der Waals surface area contributed by atoms with E-state index in [0.717, 1.165) is 11.6 Å². The Balaban J connectivity index is 1.69. The van der Waals surface area contributed by atoms with Crippen LogP contribution in [0.1, 0.15) is 71.8 Å². The lowest BCUT2D eigenvalue weighted by molar-refractivity contribution is -0.348. The number of aryl methyl sites for hydroxylation is 2. The van der Waals surface area contributed by atoms with Gasteiger partial charge in [0.25, 0.3) is 0 Å². The second kappa shape index (κ2) is 10.7. The smallest absolute Gasteiger partial charge is 0.364 e. The number of hydrogen-bond acceptors (Lipinski definition) is 5. The Morgan fingerprint density at radius 2 is 1.65 bits per heavy atom. The zero-order valence-corrected chi connectivity index (χ0v) is 23.8. The molecular formula is C30H28F7NO4S. The highest BCUT2D eigenvalue weighted by atomic mass is 32.2. The molecule has 2 aromatic carbocycles. The van der Waals surface area contributed by atoms with Gasteiger partial charge in [-0.15, -0.1) is 0 Å². The van der Waals surface area contributed by atoms with Gasteiger partial charge in [-0.3, -0.25) is 4.79 Å². The van der Waals surface area contributed by atoms with Gasteiger partial charge < -0.3 is 4.52 Å². The van der Waals surface area contributed by atoms with E-state index in [2.05, 4.69) is 5.16 Å². The third kappa shape index (κ3) is 4.87. The Kier molecular flexibility index (Phi) is 7.80. The number of benzene rings is 2. The van der Waals surface area contributed by atoms with Gasteiger partial charge in [0.15, 0.2) is 15.6 Å². The Morgan fingerprint density at radius 3 is 2.23 bits per heavy atom. The highest BCUT2D eigenvalue weighted by Gasteiger charge is 2.73. The Labute approximate surface area is 243 Å². The number of aromatic nitrogens is 1. The van der Waals surface area contributed by atoms with Crippen LogP contribution in [0.5, 0.6) is 0 Å². The number of rotatable bonds is 6. The van der Waals surface area contributed by atoms with Crippen LogP contribution < -0.4 is 0 Å². The summed E-state index contributed by atoms with van der Waals surface area (Å²) in [5.74, 6) is -1.69. The van der Waals surface area contributed by atoms with Gasteiger partial charge in [0.05, 0.1) is 4.90 Å². The molecule has 0 spiro atoms. The van der Waals surface area contributed by atoms with Crippen molar-refractivity contribution in [2.75, 3.05) is 0 Å². The molecule has 0 N–H and O–H groups in total. The molecule has 3 unspecified atom stereocenters. The molecule has 232 valence electrons. The molecule has 1 fully saturated rings. The second-order valence-electron chi connectivity index (χ2n) is 11.2. The maximum Gasteiger partial charge on any atom is 0.435 e. The normalized spacial score (nSPS) is 23.3. The molecule has 13 heteroatoms. The van der Waals surface area contributed by atoms with Gasteiger partial charge in [-0.25, -0.2) is 12.8 Å². The summed E-state index contributed by atoms with van der Waals surface area (Å²) in [5.41, 5.74) is -6.42. The monoisotopic (exact) mass is 631 g/mol. The Hall–Kier alpha value is -3.22. The number of fused-ring (bicyclic) bond motifs is 3. The quantitative estimate of drug-likeness (QED) is 0.205. The zero-order valence-electron chi connectivity index (χ0n) is 22.9. The van der Waals surface area contributed by atoms with E-state index in [1.165, 1.54) is 24.5 Å². The fourth-order valence-corrected chi connectivity index (χ4v) is 9.29. The van der Waals surface area contributed by atoms with Crippen LogP contribution in [0.15, 0.2) is 64.2 Å². The van der Waals surface area contributed by atoms with Gasteiger partial charge in [0, 0.05) is 17.5 Å². The third-order valence-electron chi connectivity index (χ3n) is 9.01. The van der Waals surface area contributed by atoms with Crippen LogP contribution in [-0.2, 0) is 33.1 Å². The number of Topliss-reactive ketones (excluding diaryl/α,β-unsaturated/α-hetero) is 1. The van der Waals surface area contributed by atoms with Crippen molar-refractivity contribution >= 4 is 15.6 Å². The van der Waals surface area contributed by atoms with Crippen molar-refractivity contribution in [3.8, 4) is 0 Å². The lowest BCUT2D eigenvalue weighted by Crippen LogP contribution is -2.51. The van der Waals surface area contributed by atoms with Crippen molar-refractivity contribution in [3.63, 3.8) is 0 Å². The van der Waals surface area contributed by atoms with Crippen LogP contribution in [0, 0.1) is 11.8 Å². The average Bonchev–Trinajstić information content (AvgIpc) is 3.42. The lowest BCUT2D eigenvalue weighted by Gasteiger charge is -2.45. The van der Waals surface area contributed by atoms with Crippen LogP contribution >= 0.6 is 0 Å². The van der Waals surface area contributed by atoms with Crippen molar-refractivity contribution < 1.29 is 48.5 Å². The van der Waals surface area contributed by atoms with Crippen LogP contribution in [0.25, 0.3) is 0 Å². The van der Waals surface area contributed by atoms with Crippen LogP contribution in [0.4, 0.5) is 30.7 Å². The van der Waals surface area contributed by atoms with E-state index in [9.17, 15) is 39.6 Å². The average molecular weight is 632 g/mol. The molecule has 1 aromatic heterocycles. The SMILES string of the molecule is CCc1ccc(S(=O)(=O)C23CCCC(C(=O)c4ccon4)CC2CCc2cc(C(F)(C(F)(F)F)C(F)(F)F)ccc23)cc1. The number of hydrogen-bond donors (Lipinski definition) is 0. The minimum absolute atomic E-state index is 0.0355. The molecule has 2 aliphatic carbocycles. The number of carbonyl (C=O) groups excluding carboxylic acids is 1. The third-order valence-corrected chi connectivity index (χ3v) is 11.6. The second-order valence-corrected chi connectivity index (χ2v) is 13.4. The number of nitrogens with zero attached hydrogens (tertiary/aromatic N) is 1. The van der Waals surface area contributed by atoms with E-state index in [0.29, 0.717) is 18.6 Å².